The van der Waals surface area contributed by atoms with Gasteiger partial charge in [0.15, 0.2) is 0 Å². The Morgan fingerprint density at radius 1 is 0.846 bits per heavy atom. The molecule has 0 N–H and O–H groups in total. The van der Waals surface area contributed by atoms with Crippen LogP contribution < -0.4 is 0 Å². The summed E-state index contributed by atoms with van der Waals surface area (Å²) < 4.78 is 11.5. The van der Waals surface area contributed by atoms with Crippen molar-refractivity contribution in [3.8, 4) is 0 Å². The van der Waals surface area contributed by atoms with Crippen molar-refractivity contribution in [3.05, 3.63) is 24.6 Å². The molecule has 0 aromatic carbocycles. The van der Waals surface area contributed by atoms with E-state index in [1.54, 1.807) is 6.08 Å². The van der Waals surface area contributed by atoms with E-state index in [0.717, 1.165) is 19.3 Å². The maximum absolute atomic E-state index is 11.5. The Kier molecular flexibility index (Phi) is 10.9. The lowest BCUT2D eigenvalue weighted by Gasteiger charge is -1.92. The molecule has 0 radical (unpaired) electrons. The smallest absolute Gasteiger partial charge is 0.0827 e. The molecule has 0 aliphatic carbocycles. The van der Waals surface area contributed by atoms with Crippen LogP contribution in [0.25, 0.3) is 0 Å². The second kappa shape index (κ2) is 11.4. The first-order valence-electron chi connectivity index (χ1n) is 5.32. The van der Waals surface area contributed by atoms with Gasteiger partial charge >= 0.3 is 0 Å². The highest BCUT2D eigenvalue weighted by Gasteiger charge is 1.83. The lowest BCUT2D eigenvalue weighted by molar-refractivity contribution is 0.699. The molecule has 0 spiro atoms. The third-order valence-corrected chi connectivity index (χ3v) is 1.97. The van der Waals surface area contributed by atoms with E-state index in [1.807, 2.05) is 0 Å². The third-order valence-electron chi connectivity index (χ3n) is 1.97. The van der Waals surface area contributed by atoms with Crippen LogP contribution in [-0.4, -0.2) is 0 Å². The van der Waals surface area contributed by atoms with Crippen LogP contribution in [0.5, 0.6) is 0 Å². The normalized spacial score (nSPS) is 11.8. The number of hydrogen-bond donors (Lipinski definition) is 0. The summed E-state index contributed by atoms with van der Waals surface area (Å²) in [5.74, 6) is 0. The summed E-state index contributed by atoms with van der Waals surface area (Å²) in [6.45, 7) is 2.21. The van der Waals surface area contributed by atoms with Gasteiger partial charge in [-0.15, -0.1) is 0 Å². The Balaban J connectivity index is 3.01. The van der Waals surface area contributed by atoms with E-state index in [-0.39, 0.29) is 0 Å². The molecule has 0 nitrogen and oxygen atoms in total. The molecule has 13 heavy (non-hydrogen) atoms. The van der Waals surface area contributed by atoms with Crippen LogP contribution in [0.1, 0.15) is 51.9 Å². The number of halogens is 1. The summed E-state index contributed by atoms with van der Waals surface area (Å²) in [6, 6.07) is 0. The molecule has 0 rings (SSSR count). The minimum atomic E-state index is 0.636. The Hall–Kier alpha value is -0.590. The molecule has 0 aliphatic heterocycles. The standard InChI is InChI=1S/C12H21F/c1-2-3-4-5-6-7-8-9-10-11-12-13/h5-6,11-12H,2-4,7-10H2,1H3. The summed E-state index contributed by atoms with van der Waals surface area (Å²) in [5.41, 5.74) is 0. The maximum Gasteiger partial charge on any atom is 0.0827 e. The summed E-state index contributed by atoms with van der Waals surface area (Å²) >= 11 is 0. The lowest BCUT2D eigenvalue weighted by Crippen LogP contribution is -1.72. The van der Waals surface area contributed by atoms with Crippen LogP contribution in [0.15, 0.2) is 24.6 Å². The molecule has 0 aromatic rings. The van der Waals surface area contributed by atoms with Gasteiger partial charge in [0.1, 0.15) is 0 Å². The van der Waals surface area contributed by atoms with Crippen molar-refractivity contribution in [3.63, 3.8) is 0 Å². The van der Waals surface area contributed by atoms with E-state index in [1.165, 1.54) is 25.7 Å². The van der Waals surface area contributed by atoms with Gasteiger partial charge in [0.2, 0.25) is 0 Å². The average Bonchev–Trinajstić information content (AvgIpc) is 2.16. The molecule has 0 amide bonds. The second-order valence-corrected chi connectivity index (χ2v) is 3.26. The SMILES string of the molecule is CCCCC=CCCCCC=CF. The van der Waals surface area contributed by atoms with E-state index in [4.69, 9.17) is 0 Å². The zero-order valence-electron chi connectivity index (χ0n) is 8.64. The van der Waals surface area contributed by atoms with Crippen LogP contribution in [0.2, 0.25) is 0 Å². The molecule has 1 heteroatoms. The van der Waals surface area contributed by atoms with Gasteiger partial charge in [-0.05, 0) is 32.1 Å². The highest BCUT2D eigenvalue weighted by atomic mass is 19.1. The first kappa shape index (κ1) is 12.4. The molecule has 0 saturated heterocycles. The van der Waals surface area contributed by atoms with E-state index in [0.29, 0.717) is 6.33 Å². The number of rotatable bonds is 8. The predicted octanol–water partition coefficient (Wildman–Crippen LogP) is 4.78. The molecule has 0 atom stereocenters. The molecule has 76 valence electrons. The van der Waals surface area contributed by atoms with Crippen LogP contribution >= 0.6 is 0 Å². The fraction of sp³-hybridized carbons (Fsp3) is 0.667. The van der Waals surface area contributed by atoms with E-state index in [9.17, 15) is 4.39 Å². The van der Waals surface area contributed by atoms with Crippen molar-refractivity contribution in [2.24, 2.45) is 0 Å². The van der Waals surface area contributed by atoms with Crippen LogP contribution in [0.3, 0.4) is 0 Å². The highest BCUT2D eigenvalue weighted by Crippen LogP contribution is 2.03. The quantitative estimate of drug-likeness (QED) is 0.376. The van der Waals surface area contributed by atoms with Gasteiger partial charge in [-0.1, -0.05) is 38.0 Å². The van der Waals surface area contributed by atoms with E-state index < -0.39 is 0 Å². The minimum Gasteiger partial charge on any atom is -0.216 e. The Bertz CT molecular complexity index is 136. The number of hydrogen-bond acceptors (Lipinski definition) is 0. The summed E-state index contributed by atoms with van der Waals surface area (Å²) in [7, 11) is 0. The van der Waals surface area contributed by atoms with Gasteiger partial charge in [-0.2, -0.15) is 0 Å². The van der Waals surface area contributed by atoms with Gasteiger partial charge in [-0.3, -0.25) is 0 Å². The Morgan fingerprint density at radius 2 is 1.38 bits per heavy atom. The van der Waals surface area contributed by atoms with E-state index >= 15 is 0 Å². The minimum absolute atomic E-state index is 0.636. The lowest BCUT2D eigenvalue weighted by atomic mass is 10.1. The zero-order chi connectivity index (χ0) is 9.78. The van der Waals surface area contributed by atoms with Crippen molar-refractivity contribution < 1.29 is 4.39 Å². The fourth-order valence-corrected chi connectivity index (χ4v) is 1.15. The zero-order valence-corrected chi connectivity index (χ0v) is 8.64. The summed E-state index contributed by atoms with van der Waals surface area (Å²) in [6.07, 6.45) is 14.8. The van der Waals surface area contributed by atoms with Gasteiger partial charge < -0.3 is 0 Å². The summed E-state index contributed by atoms with van der Waals surface area (Å²) in [5, 5.41) is 0. The van der Waals surface area contributed by atoms with E-state index in [2.05, 4.69) is 19.1 Å². The highest BCUT2D eigenvalue weighted by molar-refractivity contribution is 4.81. The first-order chi connectivity index (χ1) is 6.41. The van der Waals surface area contributed by atoms with Crippen molar-refractivity contribution >= 4 is 0 Å². The molecule has 0 bridgehead atoms. The monoisotopic (exact) mass is 184 g/mol. The molecule has 0 unspecified atom stereocenters. The van der Waals surface area contributed by atoms with Crippen LogP contribution in [0, 0.1) is 0 Å². The molecule has 0 aliphatic rings. The van der Waals surface area contributed by atoms with Crippen molar-refractivity contribution in [2.75, 3.05) is 0 Å². The maximum atomic E-state index is 11.5. The third kappa shape index (κ3) is 11.4. The second-order valence-electron chi connectivity index (χ2n) is 3.26. The Labute approximate surface area is 81.5 Å². The molecule has 0 heterocycles. The fourth-order valence-electron chi connectivity index (χ4n) is 1.15. The molecule has 0 saturated carbocycles. The van der Waals surface area contributed by atoms with Crippen LogP contribution in [0.4, 0.5) is 4.39 Å². The van der Waals surface area contributed by atoms with Gasteiger partial charge in [0.05, 0.1) is 6.33 Å². The Morgan fingerprint density at radius 3 is 1.92 bits per heavy atom. The van der Waals surface area contributed by atoms with Crippen molar-refractivity contribution in [1.82, 2.24) is 0 Å². The van der Waals surface area contributed by atoms with Crippen molar-refractivity contribution in [1.29, 1.82) is 0 Å². The largest absolute Gasteiger partial charge is 0.216 e. The van der Waals surface area contributed by atoms with Crippen LogP contribution in [-0.2, 0) is 0 Å². The number of allylic oxidation sites excluding steroid dienone is 3. The van der Waals surface area contributed by atoms with Gasteiger partial charge in [0, 0.05) is 0 Å². The first-order valence-corrected chi connectivity index (χ1v) is 5.32. The van der Waals surface area contributed by atoms with Gasteiger partial charge in [-0.25, -0.2) is 4.39 Å². The molecule has 0 aromatic heterocycles. The molecule has 0 fully saturated rings. The number of unbranched alkanes of at least 4 members (excludes halogenated alkanes) is 5. The predicted molar refractivity (Wildman–Crippen MR) is 57.4 cm³/mol. The van der Waals surface area contributed by atoms with Gasteiger partial charge in [0.25, 0.3) is 0 Å². The summed E-state index contributed by atoms with van der Waals surface area (Å²) in [4.78, 5) is 0. The molecular weight excluding hydrogens is 163 g/mol. The van der Waals surface area contributed by atoms with Crippen molar-refractivity contribution in [2.45, 2.75) is 51.9 Å². The topological polar surface area (TPSA) is 0 Å². The molecular formula is C12H21F. The average molecular weight is 184 g/mol.